The number of hydrogen-bond acceptors (Lipinski definition) is 5. The number of imidazole rings is 1. The SMILES string of the molecule is O=C(NCCCn1ccnc1)C(=O)NCc1cccc2c1OCCCO2. The molecule has 0 saturated heterocycles. The van der Waals surface area contributed by atoms with Crippen LogP contribution in [-0.2, 0) is 22.7 Å². The molecule has 0 unspecified atom stereocenters. The van der Waals surface area contributed by atoms with Crippen LogP contribution in [0, 0.1) is 0 Å². The first-order chi connectivity index (χ1) is 12.7. The predicted octanol–water partition coefficient (Wildman–Crippen LogP) is 0.867. The number of aryl methyl sites for hydroxylation is 1. The van der Waals surface area contributed by atoms with Crippen LogP contribution in [0.1, 0.15) is 18.4 Å². The minimum atomic E-state index is -0.667. The first-order valence-corrected chi connectivity index (χ1v) is 8.63. The topological polar surface area (TPSA) is 94.5 Å². The maximum atomic E-state index is 12.0. The molecule has 2 aromatic rings. The van der Waals surface area contributed by atoms with Crippen LogP contribution in [0.25, 0.3) is 0 Å². The lowest BCUT2D eigenvalue weighted by Gasteiger charge is -2.13. The van der Waals surface area contributed by atoms with Gasteiger partial charge in [-0.05, 0) is 12.5 Å². The highest BCUT2D eigenvalue weighted by Gasteiger charge is 2.17. The molecule has 138 valence electrons. The van der Waals surface area contributed by atoms with E-state index in [9.17, 15) is 9.59 Å². The van der Waals surface area contributed by atoms with Gasteiger partial charge in [-0.1, -0.05) is 12.1 Å². The average molecular weight is 358 g/mol. The monoisotopic (exact) mass is 358 g/mol. The molecule has 0 bridgehead atoms. The summed E-state index contributed by atoms with van der Waals surface area (Å²) in [5.41, 5.74) is 0.783. The van der Waals surface area contributed by atoms with E-state index in [1.165, 1.54) is 0 Å². The van der Waals surface area contributed by atoms with Gasteiger partial charge in [-0.3, -0.25) is 9.59 Å². The number of benzene rings is 1. The first kappa shape index (κ1) is 17.8. The molecule has 1 aromatic carbocycles. The van der Waals surface area contributed by atoms with E-state index in [-0.39, 0.29) is 6.54 Å². The number of carbonyl (C=O) groups is 2. The molecule has 0 radical (unpaired) electrons. The number of hydrogen-bond donors (Lipinski definition) is 2. The molecule has 8 heteroatoms. The van der Waals surface area contributed by atoms with Gasteiger partial charge in [0.2, 0.25) is 0 Å². The van der Waals surface area contributed by atoms with Crippen molar-refractivity contribution in [3.8, 4) is 11.5 Å². The van der Waals surface area contributed by atoms with Gasteiger partial charge in [0, 0.05) is 44.0 Å². The summed E-state index contributed by atoms with van der Waals surface area (Å²) in [4.78, 5) is 27.8. The van der Waals surface area contributed by atoms with E-state index >= 15 is 0 Å². The maximum Gasteiger partial charge on any atom is 0.309 e. The maximum absolute atomic E-state index is 12.0. The van der Waals surface area contributed by atoms with E-state index in [4.69, 9.17) is 9.47 Å². The van der Waals surface area contributed by atoms with Gasteiger partial charge in [0.1, 0.15) is 0 Å². The molecule has 3 rings (SSSR count). The molecule has 8 nitrogen and oxygen atoms in total. The van der Waals surface area contributed by atoms with Gasteiger partial charge in [0.15, 0.2) is 11.5 Å². The standard InChI is InChI=1S/C18H22N4O4/c23-17(20-6-2-8-22-9-7-19-13-22)18(24)21-12-14-4-1-5-15-16(14)26-11-3-10-25-15/h1,4-5,7,9,13H,2-3,6,8,10-12H2,(H,20,23)(H,21,24). The highest BCUT2D eigenvalue weighted by atomic mass is 16.5. The van der Waals surface area contributed by atoms with Crippen molar-refractivity contribution in [1.82, 2.24) is 20.2 Å². The van der Waals surface area contributed by atoms with Gasteiger partial charge in [-0.25, -0.2) is 4.98 Å². The zero-order valence-electron chi connectivity index (χ0n) is 14.4. The smallest absolute Gasteiger partial charge is 0.309 e. The van der Waals surface area contributed by atoms with Crippen LogP contribution in [-0.4, -0.2) is 41.1 Å². The molecular weight excluding hydrogens is 336 g/mol. The number of amides is 2. The number of nitrogens with one attached hydrogen (secondary N) is 2. The minimum absolute atomic E-state index is 0.202. The molecular formula is C18H22N4O4. The van der Waals surface area contributed by atoms with E-state index in [1.54, 1.807) is 12.5 Å². The van der Waals surface area contributed by atoms with Crippen LogP contribution in [0.3, 0.4) is 0 Å². The summed E-state index contributed by atoms with van der Waals surface area (Å²) in [5.74, 6) is -0.0150. The fourth-order valence-electron chi connectivity index (χ4n) is 2.61. The second kappa shape index (κ2) is 8.89. The Labute approximate surface area is 151 Å². The fourth-order valence-corrected chi connectivity index (χ4v) is 2.61. The molecule has 2 N–H and O–H groups in total. The van der Waals surface area contributed by atoms with E-state index in [0.717, 1.165) is 18.5 Å². The molecule has 0 atom stereocenters. The van der Waals surface area contributed by atoms with E-state index in [2.05, 4.69) is 15.6 Å². The summed E-state index contributed by atoms with van der Waals surface area (Å²) in [6, 6.07) is 5.51. The van der Waals surface area contributed by atoms with Crippen molar-refractivity contribution in [2.45, 2.75) is 25.9 Å². The second-order valence-electron chi connectivity index (χ2n) is 5.89. The Kier molecular flexibility index (Phi) is 6.08. The fraction of sp³-hybridized carbons (Fsp3) is 0.389. The van der Waals surface area contributed by atoms with Crippen LogP contribution in [0.5, 0.6) is 11.5 Å². The third kappa shape index (κ3) is 4.75. The largest absolute Gasteiger partial charge is 0.490 e. The Bertz CT molecular complexity index is 746. The number of ether oxygens (including phenoxy) is 2. The highest BCUT2D eigenvalue weighted by Crippen LogP contribution is 2.33. The lowest BCUT2D eigenvalue weighted by molar-refractivity contribution is -0.139. The molecule has 0 fully saturated rings. The molecule has 0 spiro atoms. The predicted molar refractivity (Wildman–Crippen MR) is 93.7 cm³/mol. The summed E-state index contributed by atoms with van der Waals surface area (Å²) in [7, 11) is 0. The van der Waals surface area contributed by atoms with Crippen LogP contribution in [0.2, 0.25) is 0 Å². The number of aromatic nitrogens is 2. The van der Waals surface area contributed by atoms with Crippen molar-refractivity contribution < 1.29 is 19.1 Å². The van der Waals surface area contributed by atoms with Crippen molar-refractivity contribution in [2.75, 3.05) is 19.8 Å². The lowest BCUT2D eigenvalue weighted by Crippen LogP contribution is -2.40. The van der Waals surface area contributed by atoms with Crippen molar-refractivity contribution >= 4 is 11.8 Å². The second-order valence-corrected chi connectivity index (χ2v) is 5.89. The summed E-state index contributed by atoms with van der Waals surface area (Å²) in [6.45, 7) is 2.52. The molecule has 1 aromatic heterocycles. The number of carbonyl (C=O) groups excluding carboxylic acids is 2. The Morgan fingerprint density at radius 2 is 2.00 bits per heavy atom. The Morgan fingerprint density at radius 1 is 1.15 bits per heavy atom. The van der Waals surface area contributed by atoms with Crippen molar-refractivity contribution in [2.24, 2.45) is 0 Å². The molecule has 26 heavy (non-hydrogen) atoms. The quantitative estimate of drug-likeness (QED) is 0.590. The summed E-state index contributed by atoms with van der Waals surface area (Å²) in [6.07, 6.45) is 6.78. The van der Waals surface area contributed by atoms with Crippen LogP contribution in [0.15, 0.2) is 36.9 Å². The minimum Gasteiger partial charge on any atom is -0.490 e. The summed E-state index contributed by atoms with van der Waals surface area (Å²) in [5, 5.41) is 5.23. The zero-order valence-corrected chi connectivity index (χ0v) is 14.4. The van der Waals surface area contributed by atoms with E-state index in [0.29, 0.717) is 37.7 Å². The first-order valence-electron chi connectivity index (χ1n) is 8.63. The summed E-state index contributed by atoms with van der Waals surface area (Å²) >= 11 is 0. The molecule has 0 saturated carbocycles. The Hall–Kier alpha value is -3.03. The van der Waals surface area contributed by atoms with Crippen LogP contribution >= 0.6 is 0 Å². The Balaban J connectivity index is 1.44. The molecule has 1 aliphatic rings. The number of nitrogens with zero attached hydrogens (tertiary/aromatic N) is 2. The molecule has 2 heterocycles. The van der Waals surface area contributed by atoms with Gasteiger partial charge < -0.3 is 24.7 Å². The molecule has 2 amide bonds. The highest BCUT2D eigenvalue weighted by molar-refractivity contribution is 6.35. The van der Waals surface area contributed by atoms with Crippen molar-refractivity contribution in [1.29, 1.82) is 0 Å². The van der Waals surface area contributed by atoms with Gasteiger partial charge in [-0.2, -0.15) is 0 Å². The normalized spacial score (nSPS) is 12.9. The lowest BCUT2D eigenvalue weighted by atomic mass is 10.2. The molecule has 1 aliphatic heterocycles. The summed E-state index contributed by atoms with van der Waals surface area (Å²) < 4.78 is 13.2. The number of para-hydroxylation sites is 1. The zero-order chi connectivity index (χ0) is 18.2. The number of fused-ring (bicyclic) bond motifs is 1. The van der Waals surface area contributed by atoms with Gasteiger partial charge in [-0.15, -0.1) is 0 Å². The third-order valence-electron chi connectivity index (χ3n) is 3.94. The van der Waals surface area contributed by atoms with Gasteiger partial charge >= 0.3 is 11.8 Å². The third-order valence-corrected chi connectivity index (χ3v) is 3.94. The van der Waals surface area contributed by atoms with Gasteiger partial charge in [0.25, 0.3) is 0 Å². The van der Waals surface area contributed by atoms with Gasteiger partial charge in [0.05, 0.1) is 19.5 Å². The molecule has 0 aliphatic carbocycles. The Morgan fingerprint density at radius 3 is 2.85 bits per heavy atom. The van der Waals surface area contributed by atoms with E-state index in [1.807, 2.05) is 29.0 Å². The average Bonchev–Trinajstić information content (AvgIpc) is 3.05. The van der Waals surface area contributed by atoms with Crippen molar-refractivity contribution in [3.05, 3.63) is 42.5 Å². The van der Waals surface area contributed by atoms with E-state index < -0.39 is 11.8 Å². The van der Waals surface area contributed by atoms with Crippen LogP contribution < -0.4 is 20.1 Å². The number of rotatable bonds is 6. The van der Waals surface area contributed by atoms with Crippen molar-refractivity contribution in [3.63, 3.8) is 0 Å². The van der Waals surface area contributed by atoms with Crippen LogP contribution in [0.4, 0.5) is 0 Å².